The van der Waals surface area contributed by atoms with Gasteiger partial charge in [0.05, 0.1) is 6.10 Å². The minimum Gasteiger partial charge on any atom is -0.373 e. The highest BCUT2D eigenvalue weighted by Crippen LogP contribution is 2.20. The molecule has 0 amide bonds. The van der Waals surface area contributed by atoms with Gasteiger partial charge in [0.15, 0.2) is 0 Å². The standard InChI is InChI=1S/C10H16O2/c1-8(2)6-10-9(7-11)4-3-5-12-10/h6-7,9-10H,3-5H2,1-2H3/t9-,10-/m0/s1. The topological polar surface area (TPSA) is 26.3 Å². The van der Waals surface area contributed by atoms with E-state index in [4.69, 9.17) is 4.74 Å². The third-order valence-corrected chi connectivity index (χ3v) is 2.09. The van der Waals surface area contributed by atoms with Gasteiger partial charge in [-0.3, -0.25) is 0 Å². The predicted molar refractivity (Wildman–Crippen MR) is 48.0 cm³/mol. The van der Waals surface area contributed by atoms with Gasteiger partial charge >= 0.3 is 0 Å². The van der Waals surface area contributed by atoms with Crippen LogP contribution < -0.4 is 0 Å². The van der Waals surface area contributed by atoms with Gasteiger partial charge < -0.3 is 9.53 Å². The van der Waals surface area contributed by atoms with Crippen molar-refractivity contribution < 1.29 is 9.53 Å². The van der Waals surface area contributed by atoms with Crippen molar-refractivity contribution in [3.8, 4) is 0 Å². The Morgan fingerprint density at radius 3 is 2.83 bits per heavy atom. The Morgan fingerprint density at radius 2 is 2.25 bits per heavy atom. The SMILES string of the molecule is CC(C)=C[C@@H]1OCCC[C@H]1C=O. The monoisotopic (exact) mass is 168 g/mol. The summed E-state index contributed by atoms with van der Waals surface area (Å²) in [5.41, 5.74) is 1.22. The van der Waals surface area contributed by atoms with Crippen LogP contribution in [-0.4, -0.2) is 19.0 Å². The van der Waals surface area contributed by atoms with Gasteiger partial charge in [-0.15, -0.1) is 0 Å². The first kappa shape index (κ1) is 9.46. The van der Waals surface area contributed by atoms with Crippen LogP contribution in [0, 0.1) is 5.92 Å². The molecule has 0 aliphatic carbocycles. The van der Waals surface area contributed by atoms with E-state index in [0.717, 1.165) is 25.7 Å². The average Bonchev–Trinajstić information content (AvgIpc) is 2.04. The van der Waals surface area contributed by atoms with Crippen molar-refractivity contribution in [3.05, 3.63) is 11.6 Å². The highest BCUT2D eigenvalue weighted by molar-refractivity contribution is 5.55. The van der Waals surface area contributed by atoms with Crippen LogP contribution in [0.5, 0.6) is 0 Å². The zero-order valence-corrected chi connectivity index (χ0v) is 7.75. The zero-order valence-electron chi connectivity index (χ0n) is 7.75. The number of rotatable bonds is 2. The summed E-state index contributed by atoms with van der Waals surface area (Å²) >= 11 is 0. The number of carbonyl (C=O) groups is 1. The average molecular weight is 168 g/mol. The molecule has 68 valence electrons. The van der Waals surface area contributed by atoms with Crippen molar-refractivity contribution in [1.29, 1.82) is 0 Å². The molecule has 0 aromatic rings. The molecule has 1 rings (SSSR count). The summed E-state index contributed by atoms with van der Waals surface area (Å²) in [6.45, 7) is 4.85. The van der Waals surface area contributed by atoms with Gasteiger partial charge in [-0.05, 0) is 26.7 Å². The summed E-state index contributed by atoms with van der Waals surface area (Å²) in [6, 6.07) is 0. The first-order valence-corrected chi connectivity index (χ1v) is 4.46. The largest absolute Gasteiger partial charge is 0.373 e. The fraction of sp³-hybridized carbons (Fsp3) is 0.700. The number of aldehydes is 1. The second kappa shape index (κ2) is 4.41. The number of hydrogen-bond acceptors (Lipinski definition) is 2. The Morgan fingerprint density at radius 1 is 1.50 bits per heavy atom. The molecule has 0 radical (unpaired) electrons. The molecule has 0 unspecified atom stereocenters. The molecular formula is C10H16O2. The number of hydrogen-bond donors (Lipinski definition) is 0. The van der Waals surface area contributed by atoms with Crippen molar-refractivity contribution in [2.24, 2.45) is 5.92 Å². The zero-order chi connectivity index (χ0) is 8.97. The molecule has 0 aromatic carbocycles. The van der Waals surface area contributed by atoms with Gasteiger partial charge in [0.2, 0.25) is 0 Å². The molecule has 1 aliphatic rings. The summed E-state index contributed by atoms with van der Waals surface area (Å²) in [6.07, 6.45) is 5.07. The molecule has 0 N–H and O–H groups in total. The van der Waals surface area contributed by atoms with E-state index in [1.165, 1.54) is 5.57 Å². The van der Waals surface area contributed by atoms with E-state index in [1.807, 2.05) is 19.9 Å². The number of ether oxygens (including phenoxy) is 1. The lowest BCUT2D eigenvalue weighted by Crippen LogP contribution is -2.28. The van der Waals surface area contributed by atoms with Crippen LogP contribution in [0.4, 0.5) is 0 Å². The lowest BCUT2D eigenvalue weighted by molar-refractivity contribution is -0.117. The highest BCUT2D eigenvalue weighted by atomic mass is 16.5. The molecule has 1 aliphatic heterocycles. The number of allylic oxidation sites excluding steroid dienone is 1. The summed E-state index contributed by atoms with van der Waals surface area (Å²) in [7, 11) is 0. The quantitative estimate of drug-likeness (QED) is 0.465. The minimum absolute atomic E-state index is 0.0289. The summed E-state index contributed by atoms with van der Waals surface area (Å²) in [4.78, 5) is 10.6. The first-order chi connectivity index (χ1) is 5.74. The van der Waals surface area contributed by atoms with Crippen molar-refractivity contribution in [3.63, 3.8) is 0 Å². The molecule has 0 spiro atoms. The molecule has 0 aromatic heterocycles. The van der Waals surface area contributed by atoms with Crippen LogP contribution in [0.2, 0.25) is 0 Å². The predicted octanol–water partition coefficient (Wildman–Crippen LogP) is 1.95. The Balaban J connectivity index is 2.58. The molecule has 1 saturated heterocycles. The van der Waals surface area contributed by atoms with Gasteiger partial charge in [-0.25, -0.2) is 0 Å². The fourth-order valence-corrected chi connectivity index (χ4v) is 1.47. The van der Waals surface area contributed by atoms with Gasteiger partial charge in [-0.1, -0.05) is 11.6 Å². The Hall–Kier alpha value is -0.630. The van der Waals surface area contributed by atoms with Crippen LogP contribution >= 0.6 is 0 Å². The second-order valence-electron chi connectivity index (χ2n) is 3.52. The Kier molecular flexibility index (Phi) is 3.48. The van der Waals surface area contributed by atoms with Crippen molar-refractivity contribution in [1.82, 2.24) is 0 Å². The highest BCUT2D eigenvalue weighted by Gasteiger charge is 2.23. The normalized spacial score (nSPS) is 29.5. The van der Waals surface area contributed by atoms with Crippen LogP contribution in [0.3, 0.4) is 0 Å². The van der Waals surface area contributed by atoms with Gasteiger partial charge in [-0.2, -0.15) is 0 Å². The second-order valence-corrected chi connectivity index (χ2v) is 3.52. The molecular weight excluding hydrogens is 152 g/mol. The third-order valence-electron chi connectivity index (χ3n) is 2.09. The fourth-order valence-electron chi connectivity index (χ4n) is 1.47. The number of carbonyl (C=O) groups excluding carboxylic acids is 1. The van der Waals surface area contributed by atoms with Crippen molar-refractivity contribution in [2.75, 3.05) is 6.61 Å². The summed E-state index contributed by atoms with van der Waals surface area (Å²) in [5, 5.41) is 0. The molecule has 12 heavy (non-hydrogen) atoms. The lowest BCUT2D eigenvalue weighted by atomic mass is 9.95. The Labute approximate surface area is 73.6 Å². The smallest absolute Gasteiger partial charge is 0.125 e. The summed E-state index contributed by atoms with van der Waals surface area (Å²) < 4.78 is 5.48. The van der Waals surface area contributed by atoms with E-state index >= 15 is 0 Å². The van der Waals surface area contributed by atoms with E-state index < -0.39 is 0 Å². The minimum atomic E-state index is 0.0289. The molecule has 1 fully saturated rings. The van der Waals surface area contributed by atoms with Crippen LogP contribution in [-0.2, 0) is 9.53 Å². The maximum Gasteiger partial charge on any atom is 0.125 e. The van der Waals surface area contributed by atoms with Crippen LogP contribution in [0.15, 0.2) is 11.6 Å². The van der Waals surface area contributed by atoms with Gasteiger partial charge in [0.25, 0.3) is 0 Å². The third kappa shape index (κ3) is 2.45. The van der Waals surface area contributed by atoms with E-state index in [9.17, 15) is 4.79 Å². The van der Waals surface area contributed by atoms with Crippen molar-refractivity contribution in [2.45, 2.75) is 32.8 Å². The van der Waals surface area contributed by atoms with E-state index in [1.54, 1.807) is 0 Å². The van der Waals surface area contributed by atoms with E-state index in [2.05, 4.69) is 0 Å². The molecule has 0 saturated carbocycles. The van der Waals surface area contributed by atoms with Gasteiger partial charge in [0.1, 0.15) is 6.29 Å². The van der Waals surface area contributed by atoms with Crippen molar-refractivity contribution >= 4 is 6.29 Å². The van der Waals surface area contributed by atoms with Crippen LogP contribution in [0.1, 0.15) is 26.7 Å². The Bertz CT molecular complexity index is 180. The van der Waals surface area contributed by atoms with Crippen LogP contribution in [0.25, 0.3) is 0 Å². The first-order valence-electron chi connectivity index (χ1n) is 4.46. The maximum atomic E-state index is 10.6. The van der Waals surface area contributed by atoms with E-state index in [-0.39, 0.29) is 12.0 Å². The lowest BCUT2D eigenvalue weighted by Gasteiger charge is -2.25. The molecule has 1 heterocycles. The molecule has 2 nitrogen and oxygen atoms in total. The van der Waals surface area contributed by atoms with Gasteiger partial charge in [0, 0.05) is 12.5 Å². The van der Waals surface area contributed by atoms with E-state index in [0.29, 0.717) is 0 Å². The summed E-state index contributed by atoms with van der Waals surface area (Å²) in [5.74, 6) is 0.0775. The molecule has 2 heteroatoms. The molecule has 0 bridgehead atoms. The molecule has 2 atom stereocenters. The maximum absolute atomic E-state index is 10.6.